The highest BCUT2D eigenvalue weighted by Crippen LogP contribution is 2.27. The number of nitrogens with one attached hydrogen (secondary N) is 1. The first-order valence-electron chi connectivity index (χ1n) is 5.96. The molecule has 0 fully saturated rings. The highest BCUT2D eigenvalue weighted by Gasteiger charge is 2.13. The lowest BCUT2D eigenvalue weighted by atomic mass is 10.2. The Morgan fingerprint density at radius 2 is 1.80 bits per heavy atom. The SMILES string of the molecule is NCCCNCc1ccc(OC(F)F)cc1OC(F)F. The predicted molar refractivity (Wildman–Crippen MR) is 65.1 cm³/mol. The van der Waals surface area contributed by atoms with Gasteiger partial charge in [-0.1, -0.05) is 6.07 Å². The van der Waals surface area contributed by atoms with E-state index in [-0.39, 0.29) is 18.0 Å². The molecule has 0 unspecified atom stereocenters. The molecule has 0 radical (unpaired) electrons. The third kappa shape index (κ3) is 6.07. The minimum atomic E-state index is -3.04. The quantitative estimate of drug-likeness (QED) is 0.542. The molecule has 1 rings (SSSR count). The number of rotatable bonds is 9. The van der Waals surface area contributed by atoms with E-state index in [1.165, 1.54) is 12.1 Å². The summed E-state index contributed by atoms with van der Waals surface area (Å²) in [5, 5.41) is 2.98. The van der Waals surface area contributed by atoms with Gasteiger partial charge in [-0.25, -0.2) is 0 Å². The molecule has 0 heterocycles. The summed E-state index contributed by atoms with van der Waals surface area (Å²) in [7, 11) is 0. The van der Waals surface area contributed by atoms with Crippen molar-refractivity contribution in [3.8, 4) is 11.5 Å². The maximum atomic E-state index is 12.3. The first-order valence-corrected chi connectivity index (χ1v) is 5.96. The third-order valence-corrected chi connectivity index (χ3v) is 2.35. The van der Waals surface area contributed by atoms with Gasteiger partial charge in [-0.15, -0.1) is 0 Å². The summed E-state index contributed by atoms with van der Waals surface area (Å²) in [6.07, 6.45) is 0.734. The van der Waals surface area contributed by atoms with Gasteiger partial charge < -0.3 is 20.5 Å². The molecule has 0 aliphatic rings. The van der Waals surface area contributed by atoms with Crippen LogP contribution in [0.1, 0.15) is 12.0 Å². The van der Waals surface area contributed by atoms with Crippen LogP contribution in [-0.4, -0.2) is 26.3 Å². The fourth-order valence-corrected chi connectivity index (χ4v) is 1.51. The van der Waals surface area contributed by atoms with E-state index in [0.29, 0.717) is 18.7 Å². The summed E-state index contributed by atoms with van der Waals surface area (Å²) in [6.45, 7) is -4.69. The summed E-state index contributed by atoms with van der Waals surface area (Å²) in [5.41, 5.74) is 5.74. The predicted octanol–water partition coefficient (Wildman–Crippen LogP) is 2.33. The molecule has 3 N–H and O–H groups in total. The van der Waals surface area contributed by atoms with Gasteiger partial charge in [0.2, 0.25) is 0 Å². The number of benzene rings is 1. The molecule has 1 aromatic carbocycles. The molecular weight excluding hydrogens is 280 g/mol. The van der Waals surface area contributed by atoms with Crippen LogP contribution in [0.5, 0.6) is 11.5 Å². The van der Waals surface area contributed by atoms with Crippen molar-refractivity contribution in [1.29, 1.82) is 0 Å². The van der Waals surface area contributed by atoms with Crippen LogP contribution in [0.25, 0.3) is 0 Å². The molecule has 4 nitrogen and oxygen atoms in total. The second kappa shape index (κ2) is 8.60. The van der Waals surface area contributed by atoms with Crippen LogP contribution in [0.4, 0.5) is 17.6 Å². The van der Waals surface area contributed by atoms with Gasteiger partial charge in [0, 0.05) is 18.2 Å². The summed E-state index contributed by atoms with van der Waals surface area (Å²) < 4.78 is 57.2. The molecule has 0 aliphatic heterocycles. The van der Waals surface area contributed by atoms with Crippen molar-refractivity contribution in [3.63, 3.8) is 0 Å². The van der Waals surface area contributed by atoms with Crippen LogP contribution in [-0.2, 0) is 6.54 Å². The zero-order chi connectivity index (χ0) is 15.0. The molecule has 0 amide bonds. The molecule has 0 atom stereocenters. The van der Waals surface area contributed by atoms with Gasteiger partial charge in [0.25, 0.3) is 0 Å². The maximum absolute atomic E-state index is 12.3. The van der Waals surface area contributed by atoms with Crippen molar-refractivity contribution < 1.29 is 27.0 Å². The van der Waals surface area contributed by atoms with E-state index in [0.717, 1.165) is 12.5 Å². The largest absolute Gasteiger partial charge is 0.435 e. The summed E-state index contributed by atoms with van der Waals surface area (Å²) in [4.78, 5) is 0. The van der Waals surface area contributed by atoms with Gasteiger partial charge in [0.1, 0.15) is 11.5 Å². The van der Waals surface area contributed by atoms with E-state index in [1.807, 2.05) is 0 Å². The maximum Gasteiger partial charge on any atom is 0.387 e. The Morgan fingerprint density at radius 3 is 2.40 bits per heavy atom. The molecule has 8 heteroatoms. The minimum absolute atomic E-state index is 0.196. The summed E-state index contributed by atoms with van der Waals surface area (Å²) >= 11 is 0. The molecule has 0 saturated carbocycles. The van der Waals surface area contributed by atoms with Crippen molar-refractivity contribution in [1.82, 2.24) is 5.32 Å². The zero-order valence-electron chi connectivity index (χ0n) is 10.6. The zero-order valence-corrected chi connectivity index (χ0v) is 10.6. The smallest absolute Gasteiger partial charge is 0.387 e. The average Bonchev–Trinajstić information content (AvgIpc) is 2.35. The lowest BCUT2D eigenvalue weighted by Crippen LogP contribution is -2.18. The first kappa shape index (κ1) is 16.5. The fourth-order valence-electron chi connectivity index (χ4n) is 1.51. The van der Waals surface area contributed by atoms with Crippen molar-refractivity contribution in [3.05, 3.63) is 23.8 Å². The molecule has 0 spiro atoms. The number of nitrogens with two attached hydrogens (primary N) is 1. The highest BCUT2D eigenvalue weighted by molar-refractivity contribution is 5.40. The standard InChI is InChI=1S/C12H16F4N2O2/c13-11(14)19-9-3-2-8(7-18-5-1-4-17)10(6-9)20-12(15)16/h2-3,6,11-12,18H,1,4-5,7,17H2. The molecule has 0 bridgehead atoms. The van der Waals surface area contributed by atoms with E-state index in [4.69, 9.17) is 5.73 Å². The number of ether oxygens (including phenoxy) is 2. The number of halogens is 4. The second-order valence-corrected chi connectivity index (χ2v) is 3.85. The summed E-state index contributed by atoms with van der Waals surface area (Å²) in [5.74, 6) is -0.431. The third-order valence-electron chi connectivity index (χ3n) is 2.35. The Bertz CT molecular complexity index is 405. The molecule has 0 aromatic heterocycles. The van der Waals surface area contributed by atoms with Gasteiger partial charge in [0.15, 0.2) is 0 Å². The topological polar surface area (TPSA) is 56.5 Å². The van der Waals surface area contributed by atoms with E-state index in [9.17, 15) is 17.6 Å². The van der Waals surface area contributed by atoms with E-state index in [1.54, 1.807) is 0 Å². The molecule has 0 saturated heterocycles. The van der Waals surface area contributed by atoms with E-state index < -0.39 is 13.2 Å². The van der Waals surface area contributed by atoms with Crippen molar-refractivity contribution in [2.24, 2.45) is 5.73 Å². The first-order chi connectivity index (χ1) is 9.52. The van der Waals surface area contributed by atoms with Gasteiger partial charge in [-0.05, 0) is 25.6 Å². The molecule has 1 aromatic rings. The van der Waals surface area contributed by atoms with Crippen LogP contribution in [0, 0.1) is 0 Å². The fraction of sp³-hybridized carbons (Fsp3) is 0.500. The lowest BCUT2D eigenvalue weighted by molar-refractivity contribution is -0.0546. The normalized spacial score (nSPS) is 11.2. The Labute approximate surface area is 113 Å². The minimum Gasteiger partial charge on any atom is -0.435 e. The van der Waals surface area contributed by atoms with Crippen LogP contribution < -0.4 is 20.5 Å². The monoisotopic (exact) mass is 296 g/mol. The van der Waals surface area contributed by atoms with Crippen LogP contribution in [0.2, 0.25) is 0 Å². The van der Waals surface area contributed by atoms with E-state index in [2.05, 4.69) is 14.8 Å². The van der Waals surface area contributed by atoms with Crippen LogP contribution in [0.3, 0.4) is 0 Å². The molecule has 0 aliphatic carbocycles. The van der Waals surface area contributed by atoms with Crippen molar-refractivity contribution in [2.75, 3.05) is 13.1 Å². The van der Waals surface area contributed by atoms with Crippen LogP contribution in [0.15, 0.2) is 18.2 Å². The molecular formula is C12H16F4N2O2. The van der Waals surface area contributed by atoms with E-state index >= 15 is 0 Å². The Hall–Kier alpha value is -1.54. The lowest BCUT2D eigenvalue weighted by Gasteiger charge is -2.13. The van der Waals surface area contributed by atoms with Gasteiger partial charge >= 0.3 is 13.2 Å². The number of alkyl halides is 4. The van der Waals surface area contributed by atoms with Gasteiger partial charge in [-0.2, -0.15) is 17.6 Å². The Morgan fingerprint density at radius 1 is 1.10 bits per heavy atom. The molecule has 114 valence electrons. The van der Waals surface area contributed by atoms with Gasteiger partial charge in [-0.3, -0.25) is 0 Å². The van der Waals surface area contributed by atoms with Gasteiger partial charge in [0.05, 0.1) is 0 Å². The summed E-state index contributed by atoms with van der Waals surface area (Å²) in [6, 6.07) is 3.67. The Balaban J connectivity index is 2.75. The van der Waals surface area contributed by atoms with Crippen molar-refractivity contribution >= 4 is 0 Å². The second-order valence-electron chi connectivity index (χ2n) is 3.85. The molecule has 20 heavy (non-hydrogen) atoms. The Kier molecular flexibility index (Phi) is 7.10. The van der Waals surface area contributed by atoms with Crippen molar-refractivity contribution in [2.45, 2.75) is 26.2 Å². The number of hydrogen-bond acceptors (Lipinski definition) is 4. The van der Waals surface area contributed by atoms with Crippen LogP contribution >= 0.6 is 0 Å². The highest BCUT2D eigenvalue weighted by atomic mass is 19.3. The number of hydrogen-bond donors (Lipinski definition) is 2. The average molecular weight is 296 g/mol.